The summed E-state index contributed by atoms with van der Waals surface area (Å²) in [5, 5.41) is 7.03. The van der Waals surface area contributed by atoms with Crippen LogP contribution < -0.4 is 5.32 Å². The van der Waals surface area contributed by atoms with E-state index in [0.717, 1.165) is 24.8 Å². The maximum absolute atomic E-state index is 12.1. The molecule has 1 aromatic heterocycles. The van der Waals surface area contributed by atoms with E-state index in [2.05, 4.69) is 31.2 Å². The van der Waals surface area contributed by atoms with Crippen LogP contribution in [0.4, 0.5) is 0 Å². The molecule has 118 valence electrons. The standard InChI is InChI=1S/C14H23N3O3S/c1-14(2,3)17-12(10-5-6-10)9-11(16-17)13(18)15-7-8-21(4,19)20/h9-10H,5-8H2,1-4H3,(H,15,18). The average molecular weight is 313 g/mol. The summed E-state index contributed by atoms with van der Waals surface area (Å²) in [6, 6.07) is 1.83. The van der Waals surface area contributed by atoms with Crippen molar-refractivity contribution in [3.8, 4) is 0 Å². The Labute approximate surface area is 125 Å². The van der Waals surface area contributed by atoms with Crippen molar-refractivity contribution in [3.05, 3.63) is 17.5 Å². The Bertz CT molecular complexity index is 637. The second-order valence-electron chi connectivity index (χ2n) is 6.70. The molecule has 0 atom stereocenters. The third-order valence-corrected chi connectivity index (χ3v) is 4.30. The number of aromatic nitrogens is 2. The van der Waals surface area contributed by atoms with Gasteiger partial charge in [-0.2, -0.15) is 5.10 Å². The van der Waals surface area contributed by atoms with Crippen LogP contribution in [0.25, 0.3) is 0 Å². The Morgan fingerprint density at radius 2 is 2.05 bits per heavy atom. The van der Waals surface area contributed by atoms with E-state index in [1.165, 1.54) is 0 Å². The summed E-state index contributed by atoms with van der Waals surface area (Å²) in [6.07, 6.45) is 3.42. The number of rotatable bonds is 5. The van der Waals surface area contributed by atoms with Gasteiger partial charge in [-0.05, 0) is 39.7 Å². The van der Waals surface area contributed by atoms with E-state index >= 15 is 0 Å². The van der Waals surface area contributed by atoms with Gasteiger partial charge in [0.1, 0.15) is 15.5 Å². The molecule has 2 rings (SSSR count). The molecule has 1 aromatic rings. The highest BCUT2D eigenvalue weighted by molar-refractivity contribution is 7.90. The summed E-state index contributed by atoms with van der Waals surface area (Å²) in [5.41, 5.74) is 1.28. The quantitative estimate of drug-likeness (QED) is 0.888. The lowest BCUT2D eigenvalue weighted by Crippen LogP contribution is -2.30. The maximum atomic E-state index is 12.1. The van der Waals surface area contributed by atoms with Crippen molar-refractivity contribution in [1.82, 2.24) is 15.1 Å². The lowest BCUT2D eigenvalue weighted by Gasteiger charge is -2.22. The van der Waals surface area contributed by atoms with Crippen LogP contribution in [0.2, 0.25) is 0 Å². The van der Waals surface area contributed by atoms with Crippen LogP contribution in [0.3, 0.4) is 0 Å². The van der Waals surface area contributed by atoms with Gasteiger partial charge in [-0.15, -0.1) is 0 Å². The Balaban J connectivity index is 2.11. The molecule has 0 aliphatic heterocycles. The van der Waals surface area contributed by atoms with Gasteiger partial charge in [-0.1, -0.05) is 0 Å². The Kier molecular flexibility index (Phi) is 4.15. The number of nitrogens with zero attached hydrogens (tertiary/aromatic N) is 2. The smallest absolute Gasteiger partial charge is 0.271 e. The molecule has 1 fully saturated rings. The predicted molar refractivity (Wildman–Crippen MR) is 81.2 cm³/mol. The summed E-state index contributed by atoms with van der Waals surface area (Å²) in [6.45, 7) is 6.27. The zero-order valence-corrected chi connectivity index (χ0v) is 13.8. The largest absolute Gasteiger partial charge is 0.350 e. The number of nitrogens with one attached hydrogen (secondary N) is 1. The number of hydrogen-bond acceptors (Lipinski definition) is 4. The molecule has 0 spiro atoms. The molecule has 1 heterocycles. The Morgan fingerprint density at radius 3 is 2.52 bits per heavy atom. The van der Waals surface area contributed by atoms with Gasteiger partial charge < -0.3 is 5.32 Å². The van der Waals surface area contributed by atoms with Gasteiger partial charge in [-0.25, -0.2) is 8.42 Å². The number of amides is 1. The van der Waals surface area contributed by atoms with Crippen molar-refractivity contribution in [2.24, 2.45) is 0 Å². The summed E-state index contributed by atoms with van der Waals surface area (Å²) in [5.74, 6) is 0.117. The van der Waals surface area contributed by atoms with Crippen molar-refractivity contribution in [1.29, 1.82) is 0 Å². The molecule has 0 bridgehead atoms. The highest BCUT2D eigenvalue weighted by Gasteiger charge is 2.32. The summed E-state index contributed by atoms with van der Waals surface area (Å²) in [7, 11) is -3.07. The lowest BCUT2D eigenvalue weighted by molar-refractivity contribution is 0.0949. The molecule has 21 heavy (non-hydrogen) atoms. The molecule has 1 aliphatic carbocycles. The van der Waals surface area contributed by atoms with Crippen molar-refractivity contribution in [2.45, 2.75) is 45.1 Å². The third kappa shape index (κ3) is 4.30. The first kappa shape index (κ1) is 16.0. The topological polar surface area (TPSA) is 81.1 Å². The fraction of sp³-hybridized carbons (Fsp3) is 0.714. The van der Waals surface area contributed by atoms with Crippen LogP contribution in [0.5, 0.6) is 0 Å². The molecule has 1 aliphatic rings. The highest BCUT2D eigenvalue weighted by Crippen LogP contribution is 2.41. The van der Waals surface area contributed by atoms with Gasteiger partial charge in [0.25, 0.3) is 5.91 Å². The average Bonchev–Trinajstić information content (AvgIpc) is 3.04. The number of carbonyl (C=O) groups excluding carboxylic acids is 1. The third-order valence-electron chi connectivity index (χ3n) is 3.36. The minimum Gasteiger partial charge on any atom is -0.350 e. The molecule has 0 radical (unpaired) electrons. The van der Waals surface area contributed by atoms with Gasteiger partial charge in [0.05, 0.1) is 11.3 Å². The first-order valence-electron chi connectivity index (χ1n) is 7.14. The lowest BCUT2D eigenvalue weighted by atomic mass is 10.1. The predicted octanol–water partition coefficient (Wildman–Crippen LogP) is 1.29. The highest BCUT2D eigenvalue weighted by atomic mass is 32.2. The van der Waals surface area contributed by atoms with Crippen molar-refractivity contribution >= 4 is 15.7 Å². The van der Waals surface area contributed by atoms with E-state index < -0.39 is 9.84 Å². The van der Waals surface area contributed by atoms with Crippen LogP contribution >= 0.6 is 0 Å². The van der Waals surface area contributed by atoms with Gasteiger partial charge in [0.15, 0.2) is 0 Å². The first-order chi connectivity index (χ1) is 9.58. The molecule has 1 amide bonds. The molecule has 6 nitrogen and oxygen atoms in total. The minimum absolute atomic E-state index is 0.0613. The Hall–Kier alpha value is -1.37. The number of sulfone groups is 1. The van der Waals surface area contributed by atoms with E-state index in [9.17, 15) is 13.2 Å². The zero-order valence-electron chi connectivity index (χ0n) is 13.0. The summed E-state index contributed by atoms with van der Waals surface area (Å²) < 4.78 is 24.0. The van der Waals surface area contributed by atoms with Crippen molar-refractivity contribution < 1.29 is 13.2 Å². The molecule has 7 heteroatoms. The van der Waals surface area contributed by atoms with Gasteiger partial charge in [-0.3, -0.25) is 9.48 Å². The van der Waals surface area contributed by atoms with E-state index in [-0.39, 0.29) is 23.7 Å². The molecule has 1 N–H and O–H groups in total. The van der Waals surface area contributed by atoms with E-state index in [0.29, 0.717) is 11.6 Å². The second kappa shape index (κ2) is 5.44. The van der Waals surface area contributed by atoms with Crippen LogP contribution in [-0.4, -0.2) is 42.7 Å². The molecular formula is C14H23N3O3S. The summed E-state index contributed by atoms with van der Waals surface area (Å²) >= 11 is 0. The molecular weight excluding hydrogens is 290 g/mol. The van der Waals surface area contributed by atoms with Crippen LogP contribution in [0, 0.1) is 0 Å². The molecule has 1 saturated carbocycles. The van der Waals surface area contributed by atoms with Crippen molar-refractivity contribution in [3.63, 3.8) is 0 Å². The molecule has 0 unspecified atom stereocenters. The van der Waals surface area contributed by atoms with Crippen LogP contribution in [0.15, 0.2) is 6.07 Å². The van der Waals surface area contributed by atoms with Gasteiger partial charge >= 0.3 is 0 Å². The molecule has 0 aromatic carbocycles. The number of carbonyl (C=O) groups is 1. The normalized spacial score (nSPS) is 16.0. The maximum Gasteiger partial charge on any atom is 0.271 e. The van der Waals surface area contributed by atoms with Gasteiger partial charge in [0, 0.05) is 24.4 Å². The fourth-order valence-electron chi connectivity index (χ4n) is 2.15. The summed E-state index contributed by atoms with van der Waals surface area (Å²) in [4.78, 5) is 12.1. The SMILES string of the molecule is CC(C)(C)n1nc(C(=O)NCCS(C)(=O)=O)cc1C1CC1. The van der Waals surface area contributed by atoms with Crippen molar-refractivity contribution in [2.75, 3.05) is 18.6 Å². The minimum atomic E-state index is -3.07. The van der Waals surface area contributed by atoms with Crippen LogP contribution in [-0.2, 0) is 15.4 Å². The van der Waals surface area contributed by atoms with Crippen LogP contribution in [0.1, 0.15) is 55.7 Å². The fourth-order valence-corrected chi connectivity index (χ4v) is 2.63. The second-order valence-corrected chi connectivity index (χ2v) is 8.96. The molecule has 0 saturated heterocycles. The first-order valence-corrected chi connectivity index (χ1v) is 9.20. The number of hydrogen-bond donors (Lipinski definition) is 1. The van der Waals surface area contributed by atoms with E-state index in [1.807, 2.05) is 10.7 Å². The monoisotopic (exact) mass is 313 g/mol. The van der Waals surface area contributed by atoms with E-state index in [1.54, 1.807) is 0 Å². The Morgan fingerprint density at radius 1 is 1.43 bits per heavy atom. The van der Waals surface area contributed by atoms with E-state index in [4.69, 9.17) is 0 Å². The zero-order chi connectivity index (χ0) is 15.8. The van der Waals surface area contributed by atoms with Gasteiger partial charge in [0.2, 0.25) is 0 Å².